The predicted octanol–water partition coefficient (Wildman–Crippen LogP) is 13.9. The van der Waals surface area contributed by atoms with Gasteiger partial charge in [-0.2, -0.15) is 0 Å². The summed E-state index contributed by atoms with van der Waals surface area (Å²) in [6.45, 7) is 14.2. The minimum Gasteiger partial charge on any atom is -0.317 e. The van der Waals surface area contributed by atoms with Crippen molar-refractivity contribution in [2.24, 2.45) is 0 Å². The molecule has 0 aliphatic rings. The van der Waals surface area contributed by atoms with Crippen molar-refractivity contribution in [3.8, 4) is 0 Å². The second-order valence-corrected chi connectivity index (χ2v) is 11.1. The summed E-state index contributed by atoms with van der Waals surface area (Å²) in [7, 11) is 0. The van der Waals surface area contributed by atoms with Crippen molar-refractivity contribution in [2.75, 3.05) is 6.54 Å². The van der Waals surface area contributed by atoms with Gasteiger partial charge in [0.25, 0.3) is 0 Å². The quantitative estimate of drug-likeness (QED) is 0.0529. The van der Waals surface area contributed by atoms with E-state index in [1.807, 2.05) is 0 Å². The van der Waals surface area contributed by atoms with Gasteiger partial charge in [-0.05, 0) is 70.6 Å². The van der Waals surface area contributed by atoms with Gasteiger partial charge in [-0.25, -0.2) is 6.57 Å². The molecular formula is C38H69N. The van der Waals surface area contributed by atoms with E-state index in [-0.39, 0.29) is 0 Å². The Bertz CT molecular complexity index is 574. The first-order valence-corrected chi connectivity index (χ1v) is 17.3. The third-order valence-electron chi connectivity index (χ3n) is 7.02. The molecule has 0 aromatic rings. The van der Waals surface area contributed by atoms with Crippen LogP contribution in [0.2, 0.25) is 0 Å². The molecule has 0 heterocycles. The van der Waals surface area contributed by atoms with Crippen LogP contribution in [0.4, 0.5) is 0 Å². The van der Waals surface area contributed by atoms with Crippen LogP contribution < -0.4 is 0 Å². The first-order valence-electron chi connectivity index (χ1n) is 17.3. The minimum atomic E-state index is 0.717. The lowest BCUT2D eigenvalue weighted by molar-refractivity contribution is 0.592. The third-order valence-corrected chi connectivity index (χ3v) is 7.02. The highest BCUT2D eigenvalue weighted by atomic mass is 14.6. The van der Waals surface area contributed by atoms with Gasteiger partial charge in [0, 0.05) is 6.42 Å². The molecule has 0 spiro atoms. The van der Waals surface area contributed by atoms with Crippen molar-refractivity contribution < 1.29 is 0 Å². The van der Waals surface area contributed by atoms with Gasteiger partial charge in [-0.3, -0.25) is 0 Å². The number of allylic oxidation sites excluding steroid dienone is 8. The van der Waals surface area contributed by atoms with Crippen LogP contribution in [-0.2, 0) is 0 Å². The first kappa shape index (κ1) is 39.6. The minimum absolute atomic E-state index is 0.717. The smallest absolute Gasteiger partial charge is 0.214 e. The van der Waals surface area contributed by atoms with Crippen LogP contribution in [0.25, 0.3) is 4.85 Å². The maximum Gasteiger partial charge on any atom is 0.214 e. The Hall–Kier alpha value is -1.55. The standard InChI is InChI=1S/C19H33N.C19H36/c1-3-4-5-6-7-8-9-10-11-12-13-14-15-16-17-18-19-20-2;1-3-5-7-9-11-13-15-17-19-18-16-14-12-10-8-6-4-2/h7-8,10-11H,3-6,9,12-19H2,1H3;11,13,17,19H,3-10,12,14-16,18H2,1-2H3/b8-7-,11-10-;13-11-,19-17-. The molecule has 0 aliphatic heterocycles. The van der Waals surface area contributed by atoms with Crippen molar-refractivity contribution in [2.45, 2.75) is 181 Å². The van der Waals surface area contributed by atoms with Crippen molar-refractivity contribution in [1.29, 1.82) is 0 Å². The molecule has 0 N–H and O–H groups in total. The van der Waals surface area contributed by atoms with Crippen molar-refractivity contribution in [3.05, 3.63) is 60.0 Å². The van der Waals surface area contributed by atoms with Gasteiger partial charge >= 0.3 is 0 Å². The molecule has 0 radical (unpaired) electrons. The fourth-order valence-corrected chi connectivity index (χ4v) is 4.42. The van der Waals surface area contributed by atoms with Crippen molar-refractivity contribution in [3.63, 3.8) is 0 Å². The number of hydrogen-bond acceptors (Lipinski definition) is 0. The molecule has 226 valence electrons. The lowest BCUT2D eigenvalue weighted by atomic mass is 10.1. The van der Waals surface area contributed by atoms with Gasteiger partial charge in [0.1, 0.15) is 0 Å². The maximum atomic E-state index is 6.70. The molecular weight excluding hydrogens is 470 g/mol. The van der Waals surface area contributed by atoms with Gasteiger partial charge in [-0.1, -0.05) is 153 Å². The highest BCUT2D eigenvalue weighted by Crippen LogP contribution is 2.09. The van der Waals surface area contributed by atoms with E-state index in [0.717, 1.165) is 19.3 Å². The topological polar surface area (TPSA) is 4.36 Å². The zero-order chi connectivity index (χ0) is 28.7. The molecule has 39 heavy (non-hydrogen) atoms. The Labute approximate surface area is 247 Å². The Kier molecular flexibility index (Phi) is 41.6. The molecule has 0 amide bonds. The molecule has 0 atom stereocenters. The molecule has 0 fully saturated rings. The van der Waals surface area contributed by atoms with Crippen LogP contribution in [0.5, 0.6) is 0 Å². The van der Waals surface area contributed by atoms with Crippen LogP contribution in [0.3, 0.4) is 0 Å². The van der Waals surface area contributed by atoms with Gasteiger partial charge in [0.05, 0.1) is 0 Å². The van der Waals surface area contributed by atoms with E-state index in [9.17, 15) is 0 Å². The second kappa shape index (κ2) is 40.9. The zero-order valence-corrected chi connectivity index (χ0v) is 27.0. The van der Waals surface area contributed by atoms with E-state index in [1.54, 1.807) is 0 Å². The van der Waals surface area contributed by atoms with Crippen molar-refractivity contribution in [1.82, 2.24) is 0 Å². The summed E-state index contributed by atoms with van der Waals surface area (Å²) in [6, 6.07) is 0. The van der Waals surface area contributed by atoms with E-state index in [1.165, 1.54) is 141 Å². The molecule has 0 rings (SSSR count). The molecule has 1 heteroatoms. The molecule has 0 unspecified atom stereocenters. The number of rotatable bonds is 28. The molecule has 0 bridgehead atoms. The molecule has 0 saturated heterocycles. The van der Waals surface area contributed by atoms with E-state index >= 15 is 0 Å². The normalized spacial score (nSPS) is 11.6. The van der Waals surface area contributed by atoms with Crippen molar-refractivity contribution >= 4 is 0 Å². The summed E-state index contributed by atoms with van der Waals surface area (Å²) in [5, 5.41) is 0. The molecule has 0 aromatic carbocycles. The summed E-state index contributed by atoms with van der Waals surface area (Å²) in [5.74, 6) is 0. The van der Waals surface area contributed by atoms with E-state index in [2.05, 4.69) is 74.2 Å². The van der Waals surface area contributed by atoms with E-state index in [4.69, 9.17) is 6.57 Å². The van der Waals surface area contributed by atoms with Crippen LogP contribution in [0.15, 0.2) is 48.6 Å². The van der Waals surface area contributed by atoms with Gasteiger partial charge in [0.2, 0.25) is 6.54 Å². The average Bonchev–Trinajstić information content (AvgIpc) is 2.95. The Morgan fingerprint density at radius 2 is 0.641 bits per heavy atom. The monoisotopic (exact) mass is 540 g/mol. The number of unbranched alkanes of at least 4 members (excludes halogenated alkanes) is 19. The highest BCUT2D eigenvalue weighted by molar-refractivity contribution is 4.93. The molecule has 0 aliphatic carbocycles. The highest BCUT2D eigenvalue weighted by Gasteiger charge is 1.92. The fraction of sp³-hybridized carbons (Fsp3) is 0.763. The largest absolute Gasteiger partial charge is 0.317 e. The summed E-state index contributed by atoms with van der Waals surface area (Å²) in [6.07, 6.45) is 51.4. The zero-order valence-electron chi connectivity index (χ0n) is 27.0. The Morgan fingerprint density at radius 1 is 0.359 bits per heavy atom. The maximum absolute atomic E-state index is 6.70. The summed E-state index contributed by atoms with van der Waals surface area (Å²) >= 11 is 0. The van der Waals surface area contributed by atoms with Crippen LogP contribution in [-0.4, -0.2) is 6.54 Å². The SMILES string of the molecule is CCCCC/C=C\C/C=C\CCCCCCCCC.[C-]#[N+]CCCCCCCC/C=C\C/C=C\CCCCC. The third kappa shape index (κ3) is 43.7. The Morgan fingerprint density at radius 3 is 1.00 bits per heavy atom. The van der Waals surface area contributed by atoms with Crippen LogP contribution in [0.1, 0.15) is 181 Å². The van der Waals surface area contributed by atoms with E-state index < -0.39 is 0 Å². The lowest BCUT2D eigenvalue weighted by Gasteiger charge is -1.98. The Balaban J connectivity index is 0. The average molecular weight is 540 g/mol. The second-order valence-electron chi connectivity index (χ2n) is 11.1. The number of hydrogen-bond donors (Lipinski definition) is 0. The predicted molar refractivity (Wildman–Crippen MR) is 180 cm³/mol. The van der Waals surface area contributed by atoms with Gasteiger partial charge in [-0.15, -0.1) is 0 Å². The summed E-state index contributed by atoms with van der Waals surface area (Å²) in [5.41, 5.74) is 0. The summed E-state index contributed by atoms with van der Waals surface area (Å²) in [4.78, 5) is 3.37. The molecule has 0 saturated carbocycles. The van der Waals surface area contributed by atoms with Gasteiger partial charge < -0.3 is 4.85 Å². The van der Waals surface area contributed by atoms with E-state index in [0.29, 0.717) is 6.54 Å². The molecule has 1 nitrogen and oxygen atoms in total. The first-order chi connectivity index (χ1) is 19.3. The number of nitrogens with zero attached hydrogens (tertiary/aromatic N) is 1. The fourth-order valence-electron chi connectivity index (χ4n) is 4.42. The lowest BCUT2D eigenvalue weighted by Crippen LogP contribution is -1.81. The van der Waals surface area contributed by atoms with Gasteiger partial charge in [0.15, 0.2) is 0 Å². The van der Waals surface area contributed by atoms with Crippen LogP contribution >= 0.6 is 0 Å². The van der Waals surface area contributed by atoms with Crippen LogP contribution in [0, 0.1) is 6.57 Å². The summed E-state index contributed by atoms with van der Waals surface area (Å²) < 4.78 is 0. The molecule has 0 aromatic heterocycles.